The van der Waals surface area contributed by atoms with Crippen LogP contribution in [0.3, 0.4) is 0 Å². The van der Waals surface area contributed by atoms with Gasteiger partial charge >= 0.3 is 0 Å². The molecule has 0 aliphatic carbocycles. The van der Waals surface area contributed by atoms with Crippen LogP contribution in [0.15, 0.2) is 41.3 Å². The van der Waals surface area contributed by atoms with E-state index in [1.807, 2.05) is 0 Å². The standard InChI is InChI=1S/C19H21FN2O5S/c1-2-28(25,26)13-5-3-12(4-6-13)11-15-14(18(21)23)7-8-16(27-10-9-20)17(15)19(22)24/h3-8H,2,9-11H2,1H3,(H2,21,23)(H2,22,24). The Bertz CT molecular complexity index is 988. The Morgan fingerprint density at radius 2 is 1.68 bits per heavy atom. The number of halogens is 1. The van der Waals surface area contributed by atoms with Gasteiger partial charge in [0.2, 0.25) is 5.91 Å². The first kappa shape index (κ1) is 21.4. The zero-order chi connectivity index (χ0) is 20.9. The lowest BCUT2D eigenvalue weighted by Gasteiger charge is -2.16. The summed E-state index contributed by atoms with van der Waals surface area (Å²) in [5, 5.41) is 0. The molecule has 150 valence electrons. The first-order valence-electron chi connectivity index (χ1n) is 8.47. The van der Waals surface area contributed by atoms with E-state index in [1.165, 1.54) is 24.3 Å². The van der Waals surface area contributed by atoms with Gasteiger partial charge in [0.25, 0.3) is 5.91 Å². The smallest absolute Gasteiger partial charge is 0.252 e. The third-order valence-electron chi connectivity index (χ3n) is 4.16. The molecule has 0 saturated heterocycles. The molecule has 0 unspecified atom stereocenters. The van der Waals surface area contributed by atoms with E-state index in [4.69, 9.17) is 16.2 Å². The van der Waals surface area contributed by atoms with Crippen molar-refractivity contribution in [1.29, 1.82) is 0 Å². The minimum atomic E-state index is -3.35. The van der Waals surface area contributed by atoms with E-state index >= 15 is 0 Å². The Balaban J connectivity index is 2.53. The van der Waals surface area contributed by atoms with Crippen LogP contribution < -0.4 is 16.2 Å². The molecule has 7 nitrogen and oxygen atoms in total. The van der Waals surface area contributed by atoms with Crippen molar-refractivity contribution in [3.05, 3.63) is 58.7 Å². The molecule has 0 aromatic heterocycles. The number of rotatable bonds is 9. The molecular weight excluding hydrogens is 387 g/mol. The average Bonchev–Trinajstić information content (AvgIpc) is 2.66. The van der Waals surface area contributed by atoms with Crippen molar-refractivity contribution in [1.82, 2.24) is 0 Å². The fourth-order valence-corrected chi connectivity index (χ4v) is 3.65. The van der Waals surface area contributed by atoms with Crippen LogP contribution in [-0.4, -0.2) is 39.3 Å². The molecule has 9 heteroatoms. The highest BCUT2D eigenvalue weighted by atomic mass is 32.2. The molecular formula is C19H21FN2O5S. The van der Waals surface area contributed by atoms with Crippen molar-refractivity contribution >= 4 is 21.7 Å². The molecule has 0 atom stereocenters. The summed E-state index contributed by atoms with van der Waals surface area (Å²) in [4.78, 5) is 24.0. The summed E-state index contributed by atoms with van der Waals surface area (Å²) in [5.41, 5.74) is 11.8. The quantitative estimate of drug-likeness (QED) is 0.651. The first-order valence-corrected chi connectivity index (χ1v) is 10.1. The Kier molecular flexibility index (Phi) is 6.74. The minimum Gasteiger partial charge on any atom is -0.490 e. The summed E-state index contributed by atoms with van der Waals surface area (Å²) in [5.74, 6) is -1.59. The Morgan fingerprint density at radius 1 is 1.04 bits per heavy atom. The van der Waals surface area contributed by atoms with Crippen LogP contribution in [0.5, 0.6) is 5.75 Å². The van der Waals surface area contributed by atoms with Crippen molar-refractivity contribution in [2.24, 2.45) is 11.5 Å². The van der Waals surface area contributed by atoms with Gasteiger partial charge in [-0.3, -0.25) is 9.59 Å². The van der Waals surface area contributed by atoms with Gasteiger partial charge in [-0.05, 0) is 41.8 Å². The number of nitrogens with two attached hydrogens (primary N) is 2. The fourth-order valence-electron chi connectivity index (χ4n) is 2.77. The molecule has 0 aliphatic heterocycles. The maximum atomic E-state index is 12.5. The van der Waals surface area contributed by atoms with Gasteiger partial charge in [-0.15, -0.1) is 0 Å². The lowest BCUT2D eigenvalue weighted by molar-refractivity contribution is 0.0995. The van der Waals surface area contributed by atoms with Crippen LogP contribution >= 0.6 is 0 Å². The summed E-state index contributed by atoms with van der Waals surface area (Å²) in [6.07, 6.45) is 0.0792. The van der Waals surface area contributed by atoms with Gasteiger partial charge in [-0.1, -0.05) is 19.1 Å². The molecule has 0 fully saturated rings. The second-order valence-electron chi connectivity index (χ2n) is 5.95. The van der Waals surface area contributed by atoms with E-state index in [-0.39, 0.29) is 46.1 Å². The maximum absolute atomic E-state index is 12.5. The number of carbonyl (C=O) groups excluding carboxylic acids is 2. The highest BCUT2D eigenvalue weighted by Crippen LogP contribution is 2.28. The van der Waals surface area contributed by atoms with E-state index in [1.54, 1.807) is 19.1 Å². The Labute approximate surface area is 162 Å². The largest absolute Gasteiger partial charge is 0.490 e. The molecule has 28 heavy (non-hydrogen) atoms. The molecule has 0 heterocycles. The third kappa shape index (κ3) is 4.66. The van der Waals surface area contributed by atoms with Crippen LogP contribution in [0.25, 0.3) is 0 Å². The molecule has 4 N–H and O–H groups in total. The highest BCUT2D eigenvalue weighted by molar-refractivity contribution is 7.91. The summed E-state index contributed by atoms with van der Waals surface area (Å²) < 4.78 is 41.6. The summed E-state index contributed by atoms with van der Waals surface area (Å²) in [6, 6.07) is 8.78. The van der Waals surface area contributed by atoms with Gasteiger partial charge in [0.05, 0.1) is 16.2 Å². The first-order chi connectivity index (χ1) is 13.2. The maximum Gasteiger partial charge on any atom is 0.252 e. The number of benzene rings is 2. The van der Waals surface area contributed by atoms with Crippen molar-refractivity contribution < 1.29 is 27.1 Å². The van der Waals surface area contributed by atoms with Crippen LogP contribution in [-0.2, 0) is 16.3 Å². The zero-order valence-electron chi connectivity index (χ0n) is 15.3. The Morgan fingerprint density at radius 3 is 2.18 bits per heavy atom. The monoisotopic (exact) mass is 408 g/mol. The van der Waals surface area contributed by atoms with Crippen LogP contribution in [0, 0.1) is 0 Å². The van der Waals surface area contributed by atoms with E-state index < -0.39 is 28.3 Å². The normalized spacial score (nSPS) is 11.2. The number of amides is 2. The third-order valence-corrected chi connectivity index (χ3v) is 5.92. The van der Waals surface area contributed by atoms with Crippen LogP contribution in [0.2, 0.25) is 0 Å². The van der Waals surface area contributed by atoms with Gasteiger partial charge in [0, 0.05) is 5.56 Å². The number of primary amides is 2. The lowest BCUT2D eigenvalue weighted by Crippen LogP contribution is -2.21. The van der Waals surface area contributed by atoms with Gasteiger partial charge in [-0.25, -0.2) is 12.8 Å². The molecule has 0 radical (unpaired) electrons. The molecule has 0 bridgehead atoms. The Hall–Kier alpha value is -2.94. The second-order valence-corrected chi connectivity index (χ2v) is 8.23. The zero-order valence-corrected chi connectivity index (χ0v) is 16.1. The second kappa shape index (κ2) is 8.83. The van der Waals surface area contributed by atoms with E-state index in [0.29, 0.717) is 5.56 Å². The molecule has 2 aromatic rings. The van der Waals surface area contributed by atoms with E-state index in [9.17, 15) is 22.4 Å². The number of hydrogen-bond acceptors (Lipinski definition) is 5. The number of ether oxygens (including phenoxy) is 1. The predicted molar refractivity (Wildman–Crippen MR) is 102 cm³/mol. The van der Waals surface area contributed by atoms with Crippen molar-refractivity contribution in [3.8, 4) is 5.75 Å². The summed E-state index contributed by atoms with van der Waals surface area (Å²) >= 11 is 0. The fraction of sp³-hybridized carbons (Fsp3) is 0.263. The molecule has 0 saturated carbocycles. The van der Waals surface area contributed by atoms with E-state index in [2.05, 4.69) is 0 Å². The van der Waals surface area contributed by atoms with Crippen LogP contribution in [0.4, 0.5) is 4.39 Å². The molecule has 2 aromatic carbocycles. The summed E-state index contributed by atoms with van der Waals surface area (Å²) in [7, 11) is -3.35. The number of sulfone groups is 1. The van der Waals surface area contributed by atoms with Crippen molar-refractivity contribution in [2.45, 2.75) is 18.2 Å². The number of carbonyl (C=O) groups is 2. The topological polar surface area (TPSA) is 130 Å². The lowest BCUT2D eigenvalue weighted by atomic mass is 9.93. The van der Waals surface area contributed by atoms with Gasteiger partial charge in [-0.2, -0.15) is 0 Å². The van der Waals surface area contributed by atoms with Gasteiger partial charge in [0.1, 0.15) is 19.0 Å². The van der Waals surface area contributed by atoms with Gasteiger partial charge in [0.15, 0.2) is 9.84 Å². The highest BCUT2D eigenvalue weighted by Gasteiger charge is 2.22. The van der Waals surface area contributed by atoms with Crippen molar-refractivity contribution in [3.63, 3.8) is 0 Å². The molecule has 0 aliphatic rings. The predicted octanol–water partition coefficient (Wildman–Crippen LogP) is 1.62. The SMILES string of the molecule is CCS(=O)(=O)c1ccc(Cc2c(C(N)=O)ccc(OCCF)c2C(N)=O)cc1. The average molecular weight is 408 g/mol. The number of alkyl halides is 1. The van der Waals surface area contributed by atoms with Crippen molar-refractivity contribution in [2.75, 3.05) is 19.0 Å². The minimum absolute atomic E-state index is 0.0298. The van der Waals surface area contributed by atoms with E-state index in [0.717, 1.165) is 0 Å². The number of hydrogen-bond donors (Lipinski definition) is 2. The van der Waals surface area contributed by atoms with Crippen LogP contribution in [0.1, 0.15) is 38.8 Å². The molecule has 2 amide bonds. The van der Waals surface area contributed by atoms with Gasteiger partial charge < -0.3 is 16.2 Å². The summed E-state index contributed by atoms with van der Waals surface area (Å²) in [6.45, 7) is 0.502. The molecule has 2 rings (SSSR count). The molecule has 0 spiro atoms.